The molecule has 1 heterocycles. The van der Waals surface area contributed by atoms with Crippen molar-refractivity contribution in [3.63, 3.8) is 0 Å². The van der Waals surface area contributed by atoms with E-state index in [1.165, 1.54) is 18.3 Å². The van der Waals surface area contributed by atoms with E-state index in [1.54, 1.807) is 0 Å². The normalized spacial score (nSPS) is 10.9. The number of nitrogens with zero attached hydrogens (tertiary/aromatic N) is 1. The highest BCUT2D eigenvalue weighted by Crippen LogP contribution is 2.32. The number of hydrogen-bond acceptors (Lipinski definition) is 3. The van der Waals surface area contributed by atoms with E-state index in [9.17, 15) is 9.59 Å². The average molecular weight is 326 g/mol. The zero-order valence-electron chi connectivity index (χ0n) is 14.3. The molecule has 1 aromatic heterocycles. The van der Waals surface area contributed by atoms with Gasteiger partial charge in [-0.1, -0.05) is 45.9 Å². The minimum atomic E-state index is -1.16. The Bertz CT molecular complexity index is 741. The minimum absolute atomic E-state index is 0.149. The number of carbonyl (C=O) groups is 2. The van der Waals surface area contributed by atoms with Gasteiger partial charge in [-0.25, -0.2) is 9.78 Å². The predicted molar refractivity (Wildman–Crippen MR) is 93.8 cm³/mol. The second-order valence-electron chi connectivity index (χ2n) is 6.31. The summed E-state index contributed by atoms with van der Waals surface area (Å²) in [5.74, 6) is -0.984. The summed E-state index contributed by atoms with van der Waals surface area (Å²) in [5, 5.41) is 12.0. The van der Waals surface area contributed by atoms with Crippen LogP contribution in [0.4, 0.5) is 5.69 Å². The quantitative estimate of drug-likeness (QED) is 0.859. The molecule has 126 valence electrons. The molecule has 0 bridgehead atoms. The van der Waals surface area contributed by atoms with Gasteiger partial charge in [0.15, 0.2) is 0 Å². The Morgan fingerprint density at radius 2 is 1.62 bits per heavy atom. The Hall–Kier alpha value is -2.69. The number of aromatic carboxylic acids is 1. The third-order valence-electron chi connectivity index (χ3n) is 3.85. The van der Waals surface area contributed by atoms with E-state index in [4.69, 9.17) is 5.11 Å². The molecule has 2 N–H and O–H groups in total. The molecule has 0 aliphatic carbocycles. The second kappa shape index (κ2) is 7.25. The fraction of sp³-hybridized carbons (Fsp3) is 0.316. The highest BCUT2D eigenvalue weighted by molar-refractivity contribution is 6.06. The Balaban J connectivity index is 2.41. The van der Waals surface area contributed by atoms with Gasteiger partial charge in [0, 0.05) is 17.4 Å². The summed E-state index contributed by atoms with van der Waals surface area (Å²) in [7, 11) is 0. The van der Waals surface area contributed by atoms with E-state index < -0.39 is 5.97 Å². The second-order valence-corrected chi connectivity index (χ2v) is 6.31. The number of benzene rings is 1. The fourth-order valence-corrected chi connectivity index (χ4v) is 2.57. The maximum absolute atomic E-state index is 12.6. The molecule has 0 fully saturated rings. The molecule has 0 atom stereocenters. The lowest BCUT2D eigenvalue weighted by atomic mass is 9.92. The molecule has 0 spiro atoms. The van der Waals surface area contributed by atoms with Gasteiger partial charge >= 0.3 is 5.97 Å². The van der Waals surface area contributed by atoms with Crippen LogP contribution in [-0.2, 0) is 0 Å². The molecule has 2 rings (SSSR count). The number of pyridine rings is 1. The van der Waals surface area contributed by atoms with Crippen LogP contribution < -0.4 is 5.32 Å². The van der Waals surface area contributed by atoms with E-state index in [0.29, 0.717) is 0 Å². The molecular weight excluding hydrogens is 304 g/mol. The summed E-state index contributed by atoms with van der Waals surface area (Å²) < 4.78 is 0. The van der Waals surface area contributed by atoms with Gasteiger partial charge in [-0.05, 0) is 35.1 Å². The van der Waals surface area contributed by atoms with Crippen LogP contribution in [0.15, 0.2) is 36.5 Å². The standard InChI is InChI=1S/C19H22N2O3/c1-11(2)14-6-5-7-15(12(3)4)17(14)21-18(22)13-8-9-20-16(10-13)19(23)24/h5-12H,1-4H3,(H,21,22)(H,23,24). The van der Waals surface area contributed by atoms with E-state index in [0.717, 1.165) is 16.8 Å². The molecule has 0 unspecified atom stereocenters. The lowest BCUT2D eigenvalue weighted by Crippen LogP contribution is -2.17. The lowest BCUT2D eigenvalue weighted by molar-refractivity contribution is 0.0690. The molecule has 1 amide bonds. The first-order valence-electron chi connectivity index (χ1n) is 7.94. The van der Waals surface area contributed by atoms with Crippen LogP contribution in [0.25, 0.3) is 0 Å². The highest BCUT2D eigenvalue weighted by Gasteiger charge is 2.17. The summed E-state index contributed by atoms with van der Waals surface area (Å²) in [6.07, 6.45) is 1.33. The third-order valence-corrected chi connectivity index (χ3v) is 3.85. The first-order valence-corrected chi connectivity index (χ1v) is 7.94. The van der Waals surface area contributed by atoms with Crippen molar-refractivity contribution in [2.45, 2.75) is 39.5 Å². The number of hydrogen-bond donors (Lipinski definition) is 2. The van der Waals surface area contributed by atoms with Crippen LogP contribution >= 0.6 is 0 Å². The number of carboxylic acid groups (broad SMARTS) is 1. The largest absolute Gasteiger partial charge is 0.477 e. The number of anilines is 1. The summed E-state index contributed by atoms with van der Waals surface area (Å²) in [6, 6.07) is 8.79. The number of para-hydroxylation sites is 1. The van der Waals surface area contributed by atoms with Gasteiger partial charge < -0.3 is 10.4 Å². The Morgan fingerprint density at radius 3 is 2.12 bits per heavy atom. The molecule has 0 aliphatic heterocycles. The zero-order chi connectivity index (χ0) is 17.9. The van der Waals surface area contributed by atoms with Crippen LogP contribution in [-0.4, -0.2) is 22.0 Å². The molecular formula is C19H22N2O3. The monoisotopic (exact) mass is 326 g/mol. The van der Waals surface area contributed by atoms with Crippen LogP contribution in [0.3, 0.4) is 0 Å². The molecule has 0 radical (unpaired) electrons. The van der Waals surface area contributed by atoms with Crippen molar-refractivity contribution in [3.05, 3.63) is 58.9 Å². The van der Waals surface area contributed by atoms with Crippen molar-refractivity contribution < 1.29 is 14.7 Å². The lowest BCUT2D eigenvalue weighted by Gasteiger charge is -2.20. The number of carboxylic acids is 1. The van der Waals surface area contributed by atoms with E-state index in [2.05, 4.69) is 38.0 Å². The van der Waals surface area contributed by atoms with Crippen LogP contribution in [0.5, 0.6) is 0 Å². The first kappa shape index (κ1) is 17.7. The highest BCUT2D eigenvalue weighted by atomic mass is 16.4. The number of amides is 1. The molecule has 0 saturated heterocycles. The smallest absolute Gasteiger partial charge is 0.354 e. The molecule has 5 nitrogen and oxygen atoms in total. The van der Waals surface area contributed by atoms with Gasteiger partial charge in [0.2, 0.25) is 0 Å². The Kier molecular flexibility index (Phi) is 5.34. The van der Waals surface area contributed by atoms with Crippen molar-refractivity contribution in [2.24, 2.45) is 0 Å². The van der Waals surface area contributed by atoms with Gasteiger partial charge in [0.05, 0.1) is 0 Å². The molecule has 0 saturated carbocycles. The number of nitrogens with one attached hydrogen (secondary N) is 1. The van der Waals surface area contributed by atoms with Gasteiger partial charge in [-0.2, -0.15) is 0 Å². The maximum Gasteiger partial charge on any atom is 0.354 e. The van der Waals surface area contributed by atoms with Crippen LogP contribution in [0.2, 0.25) is 0 Å². The molecule has 24 heavy (non-hydrogen) atoms. The van der Waals surface area contributed by atoms with Crippen LogP contribution in [0, 0.1) is 0 Å². The SMILES string of the molecule is CC(C)c1cccc(C(C)C)c1NC(=O)c1ccnc(C(=O)O)c1. The van der Waals surface area contributed by atoms with E-state index >= 15 is 0 Å². The van der Waals surface area contributed by atoms with Crippen molar-refractivity contribution >= 4 is 17.6 Å². The summed E-state index contributed by atoms with van der Waals surface area (Å²) >= 11 is 0. The maximum atomic E-state index is 12.6. The van der Waals surface area contributed by atoms with Gasteiger partial charge in [0.25, 0.3) is 5.91 Å². The summed E-state index contributed by atoms with van der Waals surface area (Å²) in [5.41, 5.74) is 3.05. The van der Waals surface area contributed by atoms with Crippen molar-refractivity contribution in [2.75, 3.05) is 5.32 Å². The number of carbonyl (C=O) groups excluding carboxylic acids is 1. The van der Waals surface area contributed by atoms with Crippen LogP contribution in [0.1, 0.15) is 71.5 Å². The average Bonchev–Trinajstić information content (AvgIpc) is 2.54. The first-order chi connectivity index (χ1) is 11.3. The topological polar surface area (TPSA) is 79.3 Å². The van der Waals surface area contributed by atoms with Gasteiger partial charge in [0.1, 0.15) is 5.69 Å². The fourth-order valence-electron chi connectivity index (χ4n) is 2.57. The Morgan fingerprint density at radius 1 is 1.04 bits per heavy atom. The third kappa shape index (κ3) is 3.79. The van der Waals surface area contributed by atoms with Gasteiger partial charge in [-0.3, -0.25) is 4.79 Å². The molecule has 5 heteroatoms. The molecule has 2 aromatic rings. The van der Waals surface area contributed by atoms with E-state index in [-0.39, 0.29) is 29.0 Å². The van der Waals surface area contributed by atoms with Gasteiger partial charge in [-0.15, -0.1) is 0 Å². The van der Waals surface area contributed by atoms with E-state index in [1.807, 2.05) is 18.2 Å². The minimum Gasteiger partial charge on any atom is -0.477 e. The van der Waals surface area contributed by atoms with Crippen molar-refractivity contribution in [1.82, 2.24) is 4.98 Å². The van der Waals surface area contributed by atoms with Crippen molar-refractivity contribution in [3.8, 4) is 0 Å². The molecule has 1 aromatic carbocycles. The Labute approximate surface area is 141 Å². The zero-order valence-corrected chi connectivity index (χ0v) is 14.3. The number of aromatic nitrogens is 1. The van der Waals surface area contributed by atoms with Crippen molar-refractivity contribution in [1.29, 1.82) is 0 Å². The predicted octanol–water partition coefficient (Wildman–Crippen LogP) is 4.28. The summed E-state index contributed by atoms with van der Waals surface area (Å²) in [6.45, 7) is 8.29. The number of rotatable bonds is 5. The molecule has 0 aliphatic rings. The summed E-state index contributed by atoms with van der Waals surface area (Å²) in [4.78, 5) is 27.4.